The van der Waals surface area contributed by atoms with Crippen molar-refractivity contribution in [3.8, 4) is 0 Å². The van der Waals surface area contributed by atoms with E-state index in [1.54, 1.807) is 12.1 Å². The number of carbonyl (C=O) groups excluding carboxylic acids is 1. The number of carbonyl (C=O) groups is 1. The molecule has 0 N–H and O–H groups in total. The number of benzene rings is 1. The summed E-state index contributed by atoms with van der Waals surface area (Å²) in [5.41, 5.74) is 0. The van der Waals surface area contributed by atoms with Gasteiger partial charge < -0.3 is 9.90 Å². The van der Waals surface area contributed by atoms with Crippen molar-refractivity contribution in [3.63, 3.8) is 0 Å². The second-order valence-electron chi connectivity index (χ2n) is 2.96. The van der Waals surface area contributed by atoms with E-state index in [-0.39, 0.29) is 11.7 Å². The van der Waals surface area contributed by atoms with Gasteiger partial charge in [0.05, 0.1) is 0 Å². The van der Waals surface area contributed by atoms with E-state index in [2.05, 4.69) is 0 Å². The van der Waals surface area contributed by atoms with Crippen LogP contribution in [0, 0.1) is 0 Å². The number of hydrogen-bond donors (Lipinski definition) is 0. The van der Waals surface area contributed by atoms with Crippen molar-refractivity contribution >= 4 is 29.3 Å². The Hall–Kier alpha value is -0.670. The molecule has 76 valence electrons. The summed E-state index contributed by atoms with van der Waals surface area (Å²) in [6, 6.07) is 7.32. The summed E-state index contributed by atoms with van der Waals surface area (Å²) in [6.07, 6.45) is 0.0628. The first-order valence-electron chi connectivity index (χ1n) is 4.20. The largest absolute Gasteiger partial charge is 0.550 e. The smallest absolute Gasteiger partial charge is 0.0425 e. The molecule has 0 aliphatic heterocycles. The fourth-order valence-electron chi connectivity index (χ4n) is 1.02. The third kappa shape index (κ3) is 4.03. The van der Waals surface area contributed by atoms with E-state index < -0.39 is 5.97 Å². The Labute approximate surface area is 92.3 Å². The van der Waals surface area contributed by atoms with Crippen LogP contribution in [0.25, 0.3) is 0 Å². The minimum absolute atomic E-state index is 0.0150. The van der Waals surface area contributed by atoms with Gasteiger partial charge in [-0.1, -0.05) is 18.5 Å². The van der Waals surface area contributed by atoms with Crippen LogP contribution in [0.4, 0.5) is 0 Å². The number of hydrogen-bond acceptors (Lipinski definition) is 3. The second-order valence-corrected chi connectivity index (χ2v) is 4.91. The lowest BCUT2D eigenvalue weighted by Gasteiger charge is -2.11. The highest BCUT2D eigenvalue weighted by Crippen LogP contribution is 2.25. The molecule has 1 aromatic rings. The van der Waals surface area contributed by atoms with Crippen LogP contribution < -0.4 is 5.11 Å². The quantitative estimate of drug-likeness (QED) is 0.741. The van der Waals surface area contributed by atoms with Gasteiger partial charge in [-0.3, -0.25) is 0 Å². The van der Waals surface area contributed by atoms with Crippen LogP contribution in [0.5, 0.6) is 0 Å². The third-order valence-corrected chi connectivity index (χ3v) is 2.97. The fraction of sp³-hybridized carbons (Fsp3) is 0.300. The number of aliphatic carboxylic acids is 1. The number of halogens is 1. The Bertz CT molecular complexity index is 310. The predicted molar refractivity (Wildman–Crippen MR) is 56.4 cm³/mol. The molecule has 1 atom stereocenters. The topological polar surface area (TPSA) is 40.1 Å². The first-order chi connectivity index (χ1) is 6.58. The minimum Gasteiger partial charge on any atom is -0.550 e. The van der Waals surface area contributed by atoms with E-state index in [0.29, 0.717) is 5.02 Å². The molecular formula is C10H10ClO2S-. The average Bonchev–Trinajstić information content (AvgIpc) is 2.07. The van der Waals surface area contributed by atoms with Gasteiger partial charge in [-0.2, -0.15) is 0 Å². The molecule has 0 aromatic heterocycles. The first kappa shape index (κ1) is 11.4. The molecule has 0 heterocycles. The lowest BCUT2D eigenvalue weighted by Crippen LogP contribution is -2.25. The lowest BCUT2D eigenvalue weighted by atomic mass is 10.3. The zero-order chi connectivity index (χ0) is 10.6. The molecule has 0 saturated heterocycles. The van der Waals surface area contributed by atoms with Gasteiger partial charge >= 0.3 is 0 Å². The molecule has 0 radical (unpaired) electrons. The standard InChI is InChI=1S/C10H11ClO2S/c1-7(6-10(12)13)14-9-4-2-8(11)3-5-9/h2-5,7H,6H2,1H3,(H,12,13)/p-1/t7-/m0/s1. The van der Waals surface area contributed by atoms with Gasteiger partial charge in [0.25, 0.3) is 0 Å². The predicted octanol–water partition coefficient (Wildman–Crippen LogP) is 1.96. The summed E-state index contributed by atoms with van der Waals surface area (Å²) in [4.78, 5) is 11.3. The van der Waals surface area contributed by atoms with Gasteiger partial charge in [0.15, 0.2) is 0 Å². The normalized spacial score (nSPS) is 12.4. The first-order valence-corrected chi connectivity index (χ1v) is 5.46. The highest BCUT2D eigenvalue weighted by molar-refractivity contribution is 8.00. The molecule has 0 spiro atoms. The van der Waals surface area contributed by atoms with Gasteiger partial charge in [0, 0.05) is 21.1 Å². The summed E-state index contributed by atoms with van der Waals surface area (Å²) in [5.74, 6) is -1.01. The van der Waals surface area contributed by atoms with Gasteiger partial charge in [-0.15, -0.1) is 11.8 Å². The van der Waals surface area contributed by atoms with E-state index in [0.717, 1.165) is 4.90 Å². The van der Waals surface area contributed by atoms with Crippen LogP contribution >= 0.6 is 23.4 Å². The average molecular weight is 230 g/mol. The maximum atomic E-state index is 10.3. The molecule has 14 heavy (non-hydrogen) atoms. The van der Waals surface area contributed by atoms with E-state index in [1.807, 2.05) is 19.1 Å². The summed E-state index contributed by atoms with van der Waals surface area (Å²) in [5, 5.41) is 11.0. The van der Waals surface area contributed by atoms with E-state index in [4.69, 9.17) is 11.6 Å². The molecule has 0 bridgehead atoms. The molecule has 4 heteroatoms. The summed E-state index contributed by atoms with van der Waals surface area (Å²) < 4.78 is 0. The van der Waals surface area contributed by atoms with Gasteiger partial charge in [-0.05, 0) is 30.7 Å². The summed E-state index contributed by atoms with van der Waals surface area (Å²) in [7, 11) is 0. The van der Waals surface area contributed by atoms with Crippen molar-refractivity contribution < 1.29 is 9.90 Å². The number of thioether (sulfide) groups is 1. The van der Waals surface area contributed by atoms with Crippen molar-refractivity contribution in [2.24, 2.45) is 0 Å². The van der Waals surface area contributed by atoms with Gasteiger partial charge in [0.2, 0.25) is 0 Å². The van der Waals surface area contributed by atoms with Crippen molar-refractivity contribution in [3.05, 3.63) is 29.3 Å². The SMILES string of the molecule is C[C@@H](CC(=O)[O-])Sc1ccc(Cl)cc1. The van der Waals surface area contributed by atoms with Crippen LogP contribution in [0.15, 0.2) is 29.2 Å². The molecular weight excluding hydrogens is 220 g/mol. The molecule has 1 rings (SSSR count). The molecule has 0 fully saturated rings. The van der Waals surface area contributed by atoms with Crippen LogP contribution in [0.3, 0.4) is 0 Å². The third-order valence-electron chi connectivity index (χ3n) is 1.61. The van der Waals surface area contributed by atoms with Crippen LogP contribution in [0.2, 0.25) is 5.02 Å². The second kappa shape index (κ2) is 5.27. The monoisotopic (exact) mass is 229 g/mol. The number of carboxylic acids is 1. The zero-order valence-electron chi connectivity index (χ0n) is 7.70. The highest BCUT2D eigenvalue weighted by Gasteiger charge is 2.04. The lowest BCUT2D eigenvalue weighted by molar-refractivity contribution is -0.305. The highest BCUT2D eigenvalue weighted by atomic mass is 35.5. The zero-order valence-corrected chi connectivity index (χ0v) is 9.27. The minimum atomic E-state index is -1.01. The number of carboxylic acid groups (broad SMARTS) is 1. The maximum absolute atomic E-state index is 10.3. The summed E-state index contributed by atoms with van der Waals surface area (Å²) >= 11 is 7.22. The van der Waals surface area contributed by atoms with Crippen LogP contribution in [0.1, 0.15) is 13.3 Å². The van der Waals surface area contributed by atoms with Gasteiger partial charge in [-0.25, -0.2) is 0 Å². The molecule has 1 aromatic carbocycles. The molecule has 2 nitrogen and oxygen atoms in total. The van der Waals surface area contributed by atoms with E-state index in [9.17, 15) is 9.90 Å². The fourth-order valence-corrected chi connectivity index (χ4v) is 2.13. The van der Waals surface area contributed by atoms with Crippen molar-refractivity contribution in [2.45, 2.75) is 23.5 Å². The van der Waals surface area contributed by atoms with Crippen LogP contribution in [-0.2, 0) is 4.79 Å². The molecule has 0 unspecified atom stereocenters. The molecule has 0 amide bonds. The number of rotatable bonds is 4. The van der Waals surface area contributed by atoms with E-state index in [1.165, 1.54) is 11.8 Å². The van der Waals surface area contributed by atoms with E-state index >= 15 is 0 Å². The van der Waals surface area contributed by atoms with Crippen molar-refractivity contribution in [1.82, 2.24) is 0 Å². The molecule has 0 aliphatic rings. The maximum Gasteiger partial charge on any atom is 0.0425 e. The van der Waals surface area contributed by atoms with Crippen molar-refractivity contribution in [2.75, 3.05) is 0 Å². The molecule has 0 aliphatic carbocycles. The Morgan fingerprint density at radius 3 is 2.57 bits per heavy atom. The Morgan fingerprint density at radius 2 is 2.07 bits per heavy atom. The van der Waals surface area contributed by atoms with Crippen molar-refractivity contribution in [1.29, 1.82) is 0 Å². The van der Waals surface area contributed by atoms with Gasteiger partial charge in [0.1, 0.15) is 0 Å². The Balaban J connectivity index is 2.51. The Kier molecular flexibility index (Phi) is 4.29. The Morgan fingerprint density at radius 1 is 1.50 bits per heavy atom. The molecule has 0 saturated carbocycles. The summed E-state index contributed by atoms with van der Waals surface area (Å²) in [6.45, 7) is 1.86. The van der Waals surface area contributed by atoms with Crippen LogP contribution in [-0.4, -0.2) is 11.2 Å².